The molecule has 0 bridgehead atoms. The van der Waals surface area contributed by atoms with Crippen LogP contribution in [0.1, 0.15) is 0 Å². The third kappa shape index (κ3) is 2.09. The van der Waals surface area contributed by atoms with E-state index in [9.17, 15) is 25.6 Å². The second-order valence-electron chi connectivity index (χ2n) is 5.41. The van der Waals surface area contributed by atoms with Gasteiger partial charge in [-0.2, -0.15) is 20.5 Å². The second kappa shape index (κ2) is 4.99. The monoisotopic (exact) mass is 381 g/mol. The van der Waals surface area contributed by atoms with Gasteiger partial charge >= 0.3 is 0 Å². The molecule has 0 N–H and O–H groups in total. The third-order valence-electron chi connectivity index (χ3n) is 3.93. The fourth-order valence-electron chi connectivity index (χ4n) is 2.91. The minimum absolute atomic E-state index is 0.0863. The summed E-state index contributed by atoms with van der Waals surface area (Å²) in [6, 6.07) is 10.8. The standard InChI is InChI=1S/C16H9F2NO4S2/c17-11-7-8-14(12(18)9-11)24(20,21)19-13-5-1-3-10-4-2-6-15(16(10)13)25(19,22)23/h1-9H. The summed E-state index contributed by atoms with van der Waals surface area (Å²) in [5.41, 5.74) is -0.0863. The first-order chi connectivity index (χ1) is 11.7. The predicted octanol–water partition coefficient (Wildman–Crippen LogP) is 3.02. The molecule has 0 aliphatic carbocycles. The molecule has 1 heterocycles. The Labute approximate surface area is 142 Å². The molecule has 3 aromatic carbocycles. The highest BCUT2D eigenvalue weighted by atomic mass is 32.3. The van der Waals surface area contributed by atoms with Gasteiger partial charge in [0.05, 0.1) is 10.6 Å². The van der Waals surface area contributed by atoms with Crippen molar-refractivity contribution in [3.05, 3.63) is 66.2 Å². The Kier molecular flexibility index (Phi) is 3.19. The van der Waals surface area contributed by atoms with E-state index in [0.29, 0.717) is 17.5 Å². The Morgan fingerprint density at radius 1 is 0.920 bits per heavy atom. The Hall–Kier alpha value is -2.52. The molecular formula is C16H9F2NO4S2. The minimum Gasteiger partial charge on any atom is -0.207 e. The number of rotatable bonds is 2. The lowest BCUT2D eigenvalue weighted by atomic mass is 10.1. The number of hydrogen-bond acceptors (Lipinski definition) is 4. The predicted molar refractivity (Wildman–Crippen MR) is 87.2 cm³/mol. The average molecular weight is 381 g/mol. The number of hydrogen-bond donors (Lipinski definition) is 0. The number of halogens is 2. The van der Waals surface area contributed by atoms with Crippen LogP contribution in [0.25, 0.3) is 10.8 Å². The molecule has 1 aliphatic heterocycles. The maximum Gasteiger partial charge on any atom is 0.280 e. The molecule has 0 amide bonds. The number of benzene rings is 3. The smallest absolute Gasteiger partial charge is 0.207 e. The van der Waals surface area contributed by atoms with Gasteiger partial charge in [0.25, 0.3) is 20.0 Å². The fourth-order valence-corrected chi connectivity index (χ4v) is 6.88. The molecule has 4 rings (SSSR count). The van der Waals surface area contributed by atoms with Crippen molar-refractivity contribution in [2.24, 2.45) is 0 Å². The van der Waals surface area contributed by atoms with Crippen LogP contribution in [0.15, 0.2) is 64.4 Å². The summed E-state index contributed by atoms with van der Waals surface area (Å²) in [5.74, 6) is -2.33. The summed E-state index contributed by atoms with van der Waals surface area (Å²) in [6.45, 7) is 0. The van der Waals surface area contributed by atoms with E-state index in [1.165, 1.54) is 24.3 Å². The first-order valence-electron chi connectivity index (χ1n) is 7.02. The van der Waals surface area contributed by atoms with Crippen molar-refractivity contribution >= 4 is 36.5 Å². The first kappa shape index (κ1) is 16.0. The van der Waals surface area contributed by atoms with Crippen LogP contribution >= 0.6 is 0 Å². The van der Waals surface area contributed by atoms with Crippen LogP contribution in [0.3, 0.4) is 0 Å². The zero-order valence-electron chi connectivity index (χ0n) is 12.3. The Bertz CT molecular complexity index is 1250. The van der Waals surface area contributed by atoms with Crippen LogP contribution in [0.5, 0.6) is 0 Å². The van der Waals surface area contributed by atoms with Gasteiger partial charge < -0.3 is 0 Å². The van der Waals surface area contributed by atoms with Gasteiger partial charge in [0, 0.05) is 11.5 Å². The summed E-state index contributed by atoms with van der Waals surface area (Å²) in [5, 5.41) is 0.784. The van der Waals surface area contributed by atoms with Crippen LogP contribution in [0.2, 0.25) is 0 Å². The van der Waals surface area contributed by atoms with E-state index in [-0.39, 0.29) is 19.7 Å². The zero-order valence-corrected chi connectivity index (χ0v) is 14.0. The molecule has 128 valence electrons. The topological polar surface area (TPSA) is 71.5 Å². The molecule has 0 fully saturated rings. The SMILES string of the molecule is O=S(=O)(c1ccc(F)cc1F)N1c2cccc3cccc(c23)S1(=O)=O. The van der Waals surface area contributed by atoms with Crippen molar-refractivity contribution in [1.29, 1.82) is 0 Å². The highest BCUT2D eigenvalue weighted by Gasteiger charge is 2.44. The van der Waals surface area contributed by atoms with Crippen LogP contribution in [-0.4, -0.2) is 16.8 Å². The van der Waals surface area contributed by atoms with Crippen LogP contribution in [0.4, 0.5) is 14.5 Å². The van der Waals surface area contributed by atoms with Gasteiger partial charge in [0.2, 0.25) is 0 Å². The Balaban J connectivity index is 2.06. The lowest BCUT2D eigenvalue weighted by molar-refractivity contribution is 0.549. The van der Waals surface area contributed by atoms with Crippen molar-refractivity contribution in [2.45, 2.75) is 9.79 Å². The molecule has 0 saturated heterocycles. The molecule has 5 nitrogen and oxygen atoms in total. The molecule has 0 spiro atoms. The van der Waals surface area contributed by atoms with Crippen molar-refractivity contribution < 1.29 is 25.6 Å². The van der Waals surface area contributed by atoms with E-state index in [4.69, 9.17) is 0 Å². The van der Waals surface area contributed by atoms with Crippen LogP contribution in [0, 0.1) is 11.6 Å². The molecular weight excluding hydrogens is 372 g/mol. The second-order valence-corrected chi connectivity index (χ2v) is 9.15. The molecule has 1 aliphatic rings. The normalized spacial score (nSPS) is 15.7. The molecule has 0 unspecified atom stereocenters. The number of sulfonamides is 2. The highest BCUT2D eigenvalue weighted by molar-refractivity contribution is 8.10. The summed E-state index contributed by atoms with van der Waals surface area (Å²) in [7, 11) is -9.25. The lowest BCUT2D eigenvalue weighted by Gasteiger charge is -2.19. The van der Waals surface area contributed by atoms with Gasteiger partial charge in [-0.1, -0.05) is 24.3 Å². The van der Waals surface area contributed by atoms with Crippen molar-refractivity contribution in [3.8, 4) is 0 Å². The van der Waals surface area contributed by atoms with E-state index in [0.717, 1.165) is 6.07 Å². The summed E-state index contributed by atoms with van der Waals surface area (Å²) in [4.78, 5) is -1.09. The fraction of sp³-hybridized carbons (Fsp3) is 0. The van der Waals surface area contributed by atoms with Gasteiger partial charge in [-0.15, -0.1) is 0 Å². The zero-order chi connectivity index (χ0) is 18.0. The number of anilines is 1. The quantitative estimate of drug-likeness (QED) is 0.684. The third-order valence-corrected chi connectivity index (χ3v) is 8.15. The van der Waals surface area contributed by atoms with E-state index in [1.807, 2.05) is 0 Å². The summed E-state index contributed by atoms with van der Waals surface area (Å²) >= 11 is 0. The molecule has 0 saturated carbocycles. The molecule has 0 aromatic heterocycles. The van der Waals surface area contributed by atoms with Crippen molar-refractivity contribution in [3.63, 3.8) is 0 Å². The van der Waals surface area contributed by atoms with Gasteiger partial charge in [0.15, 0.2) is 0 Å². The molecule has 9 heteroatoms. The minimum atomic E-state index is -4.80. The molecule has 0 radical (unpaired) electrons. The van der Waals surface area contributed by atoms with Gasteiger partial charge in [-0.25, -0.2) is 8.78 Å². The van der Waals surface area contributed by atoms with E-state index < -0.39 is 36.6 Å². The van der Waals surface area contributed by atoms with Crippen LogP contribution < -0.4 is 3.71 Å². The Morgan fingerprint density at radius 3 is 2.28 bits per heavy atom. The highest BCUT2D eigenvalue weighted by Crippen LogP contribution is 2.45. The van der Waals surface area contributed by atoms with E-state index in [2.05, 4.69) is 0 Å². The lowest BCUT2D eigenvalue weighted by Crippen LogP contribution is -2.34. The van der Waals surface area contributed by atoms with Gasteiger partial charge in [-0.3, -0.25) is 0 Å². The molecule has 25 heavy (non-hydrogen) atoms. The summed E-state index contributed by atoms with van der Waals surface area (Å²) in [6.07, 6.45) is 0. The van der Waals surface area contributed by atoms with Crippen LogP contribution in [-0.2, 0) is 20.0 Å². The maximum atomic E-state index is 14.0. The van der Waals surface area contributed by atoms with Crippen molar-refractivity contribution in [1.82, 2.24) is 0 Å². The first-order valence-corrected chi connectivity index (χ1v) is 9.90. The maximum absolute atomic E-state index is 14.0. The van der Waals surface area contributed by atoms with E-state index in [1.54, 1.807) is 12.1 Å². The van der Waals surface area contributed by atoms with Crippen molar-refractivity contribution in [2.75, 3.05) is 3.71 Å². The Morgan fingerprint density at radius 2 is 1.60 bits per heavy atom. The molecule has 0 atom stereocenters. The summed E-state index contributed by atoms with van der Waals surface area (Å²) < 4.78 is 78.7. The van der Waals surface area contributed by atoms with Gasteiger partial charge in [0.1, 0.15) is 16.5 Å². The average Bonchev–Trinajstić information content (AvgIpc) is 2.77. The van der Waals surface area contributed by atoms with Gasteiger partial charge in [-0.05, 0) is 29.7 Å². The van der Waals surface area contributed by atoms with E-state index >= 15 is 0 Å². The number of nitrogens with zero attached hydrogens (tertiary/aromatic N) is 1. The largest absolute Gasteiger partial charge is 0.280 e. The molecule has 3 aromatic rings.